The maximum absolute atomic E-state index is 13.6. The Morgan fingerprint density at radius 1 is 0.861 bits per heavy atom. The van der Waals surface area contributed by atoms with Crippen LogP contribution in [0.25, 0.3) is 0 Å². The van der Waals surface area contributed by atoms with Crippen molar-refractivity contribution in [3.8, 4) is 0 Å². The number of carbonyl (C=O) groups is 3. The Bertz CT molecular complexity index is 1110. The Balaban J connectivity index is 1.60. The van der Waals surface area contributed by atoms with E-state index in [2.05, 4.69) is 26.1 Å². The highest BCUT2D eigenvalue weighted by molar-refractivity contribution is 6.02. The van der Waals surface area contributed by atoms with Gasteiger partial charge < -0.3 is 20.9 Å². The predicted molar refractivity (Wildman–Crippen MR) is 141 cm³/mol. The van der Waals surface area contributed by atoms with E-state index in [9.17, 15) is 14.4 Å². The maximum Gasteiger partial charge on any atom is 0.264 e. The largest absolute Gasteiger partial charge is 0.350 e. The third-order valence-corrected chi connectivity index (χ3v) is 7.31. The van der Waals surface area contributed by atoms with Crippen LogP contribution in [0.1, 0.15) is 78.3 Å². The second-order valence-corrected chi connectivity index (χ2v) is 11.2. The number of hydrogen-bond acceptors (Lipinski definition) is 4. The summed E-state index contributed by atoms with van der Waals surface area (Å²) in [6.45, 7) is 8.89. The third-order valence-electron chi connectivity index (χ3n) is 7.31. The summed E-state index contributed by atoms with van der Waals surface area (Å²) in [6, 6.07) is 15.0. The molecule has 0 radical (unpaired) electrons. The molecule has 2 fully saturated rings. The first-order valence-corrected chi connectivity index (χ1v) is 12.9. The van der Waals surface area contributed by atoms with Crippen LogP contribution in [0, 0.1) is 6.92 Å². The molecule has 7 heteroatoms. The Kier molecular flexibility index (Phi) is 7.50. The smallest absolute Gasteiger partial charge is 0.264 e. The fourth-order valence-corrected chi connectivity index (χ4v) is 5.10. The molecule has 0 bridgehead atoms. The second kappa shape index (κ2) is 10.4. The third kappa shape index (κ3) is 5.62. The minimum Gasteiger partial charge on any atom is -0.350 e. The molecule has 1 aliphatic carbocycles. The molecule has 1 saturated heterocycles. The van der Waals surface area contributed by atoms with Crippen LogP contribution in [0.2, 0.25) is 0 Å². The van der Waals surface area contributed by atoms with Gasteiger partial charge in [0.25, 0.3) is 17.7 Å². The van der Waals surface area contributed by atoms with E-state index in [0.717, 1.165) is 36.8 Å². The number of benzene rings is 2. The molecule has 1 unspecified atom stereocenters. The number of nitrogens with zero attached hydrogens (tertiary/aromatic N) is 2. The summed E-state index contributed by atoms with van der Waals surface area (Å²) in [7, 11) is 0. The number of nitrogens with one attached hydrogen (secondary N) is 1. The van der Waals surface area contributed by atoms with Crippen LogP contribution in [0.15, 0.2) is 48.5 Å². The molecule has 3 amide bonds. The molecule has 192 valence electrons. The summed E-state index contributed by atoms with van der Waals surface area (Å²) in [5.74, 6) is -0.808. The average Bonchev–Trinajstić information content (AvgIpc) is 3.29. The lowest BCUT2D eigenvalue weighted by Crippen LogP contribution is -2.56. The highest BCUT2D eigenvalue weighted by atomic mass is 16.2. The first kappa shape index (κ1) is 25.9. The number of amides is 3. The molecule has 3 N–H and O–H groups in total. The highest BCUT2D eigenvalue weighted by Gasteiger charge is 2.43. The quantitative estimate of drug-likeness (QED) is 0.685. The molecule has 36 heavy (non-hydrogen) atoms. The first-order valence-electron chi connectivity index (χ1n) is 12.9. The molecule has 2 aromatic rings. The molecule has 4 rings (SSSR count). The van der Waals surface area contributed by atoms with Gasteiger partial charge in [-0.25, -0.2) is 0 Å². The van der Waals surface area contributed by atoms with Crippen LogP contribution >= 0.6 is 0 Å². The number of carbonyl (C=O) groups excluding carboxylic acids is 3. The van der Waals surface area contributed by atoms with Crippen molar-refractivity contribution in [2.75, 3.05) is 13.1 Å². The molecule has 0 spiro atoms. The standard InChI is InChI=1S/C29H38N4O3/c1-19-6-5-7-21(18-19)28(36)33-17-16-32(26(33)25(34)31-24-14-12-23(30)13-15-24)27(35)20-8-10-22(11-9-20)29(2,3)4/h5-11,18,23-24,26H,12-17,30H2,1-4H3,(H,31,34). The van der Waals surface area contributed by atoms with E-state index in [1.165, 1.54) is 9.80 Å². The van der Waals surface area contributed by atoms with Crippen molar-refractivity contribution in [2.24, 2.45) is 5.73 Å². The van der Waals surface area contributed by atoms with Gasteiger partial charge in [0, 0.05) is 36.3 Å². The summed E-state index contributed by atoms with van der Waals surface area (Å²) in [5.41, 5.74) is 9.12. The zero-order valence-corrected chi connectivity index (χ0v) is 21.8. The predicted octanol–water partition coefficient (Wildman–Crippen LogP) is 3.60. The van der Waals surface area contributed by atoms with Crippen molar-refractivity contribution in [3.05, 3.63) is 70.8 Å². The molecule has 2 aliphatic rings. The summed E-state index contributed by atoms with van der Waals surface area (Å²) in [4.78, 5) is 43.8. The van der Waals surface area contributed by atoms with E-state index < -0.39 is 6.17 Å². The molecular weight excluding hydrogens is 452 g/mol. The molecule has 1 saturated carbocycles. The number of nitrogens with two attached hydrogens (primary N) is 1. The Labute approximate surface area is 214 Å². The molecule has 1 heterocycles. The van der Waals surface area contributed by atoms with E-state index in [1.807, 2.05) is 49.4 Å². The van der Waals surface area contributed by atoms with E-state index in [-0.39, 0.29) is 35.2 Å². The van der Waals surface area contributed by atoms with Gasteiger partial charge in [0.05, 0.1) is 0 Å². The van der Waals surface area contributed by atoms with Crippen LogP contribution in [0.5, 0.6) is 0 Å². The second-order valence-electron chi connectivity index (χ2n) is 11.2. The molecule has 0 aromatic heterocycles. The van der Waals surface area contributed by atoms with Crippen molar-refractivity contribution >= 4 is 17.7 Å². The Morgan fingerprint density at radius 2 is 1.44 bits per heavy atom. The van der Waals surface area contributed by atoms with Gasteiger partial charge in [-0.15, -0.1) is 0 Å². The molecule has 1 atom stereocenters. The zero-order chi connectivity index (χ0) is 26.0. The monoisotopic (exact) mass is 490 g/mol. The fraction of sp³-hybridized carbons (Fsp3) is 0.483. The van der Waals surface area contributed by atoms with E-state index in [0.29, 0.717) is 24.2 Å². The zero-order valence-electron chi connectivity index (χ0n) is 21.8. The summed E-state index contributed by atoms with van der Waals surface area (Å²) in [5, 5.41) is 3.11. The van der Waals surface area contributed by atoms with Crippen LogP contribution in [0.4, 0.5) is 0 Å². The lowest BCUT2D eigenvalue weighted by Gasteiger charge is -2.33. The normalized spacial score (nSPS) is 22.4. The van der Waals surface area contributed by atoms with Crippen molar-refractivity contribution in [1.29, 1.82) is 0 Å². The van der Waals surface area contributed by atoms with Crippen LogP contribution in [-0.4, -0.2) is 58.9 Å². The number of aryl methyl sites for hydroxylation is 1. The SMILES string of the molecule is Cc1cccc(C(=O)N2CCN(C(=O)c3ccc(C(C)(C)C)cc3)C2C(=O)NC2CCC(N)CC2)c1. The minimum atomic E-state index is -0.997. The van der Waals surface area contributed by atoms with Gasteiger partial charge in [0.15, 0.2) is 6.17 Å². The van der Waals surface area contributed by atoms with Crippen LogP contribution in [0.3, 0.4) is 0 Å². The van der Waals surface area contributed by atoms with Gasteiger partial charge in [-0.3, -0.25) is 14.4 Å². The molecular formula is C29H38N4O3. The van der Waals surface area contributed by atoms with Gasteiger partial charge in [-0.1, -0.05) is 50.6 Å². The molecule has 2 aromatic carbocycles. The fourth-order valence-electron chi connectivity index (χ4n) is 5.10. The van der Waals surface area contributed by atoms with Gasteiger partial charge >= 0.3 is 0 Å². The van der Waals surface area contributed by atoms with E-state index in [1.54, 1.807) is 6.07 Å². The van der Waals surface area contributed by atoms with Crippen molar-refractivity contribution in [2.45, 2.75) is 77.0 Å². The Morgan fingerprint density at radius 3 is 2.00 bits per heavy atom. The maximum atomic E-state index is 13.6. The molecule has 1 aliphatic heterocycles. The van der Waals surface area contributed by atoms with Crippen molar-refractivity contribution in [1.82, 2.24) is 15.1 Å². The first-order chi connectivity index (χ1) is 17.0. The molecule has 7 nitrogen and oxygen atoms in total. The summed E-state index contributed by atoms with van der Waals surface area (Å²) >= 11 is 0. The topological polar surface area (TPSA) is 95.7 Å². The number of rotatable bonds is 4. The van der Waals surface area contributed by atoms with Gasteiger partial charge in [-0.2, -0.15) is 0 Å². The Hall–Kier alpha value is -3.19. The number of hydrogen-bond donors (Lipinski definition) is 2. The van der Waals surface area contributed by atoms with E-state index >= 15 is 0 Å². The van der Waals surface area contributed by atoms with Crippen LogP contribution < -0.4 is 11.1 Å². The summed E-state index contributed by atoms with van der Waals surface area (Å²) in [6.07, 6.45) is 2.30. The van der Waals surface area contributed by atoms with Crippen molar-refractivity contribution in [3.63, 3.8) is 0 Å². The summed E-state index contributed by atoms with van der Waals surface area (Å²) < 4.78 is 0. The van der Waals surface area contributed by atoms with Gasteiger partial charge in [0.2, 0.25) is 0 Å². The van der Waals surface area contributed by atoms with E-state index in [4.69, 9.17) is 5.73 Å². The minimum absolute atomic E-state index is 0.00292. The van der Waals surface area contributed by atoms with Crippen molar-refractivity contribution < 1.29 is 14.4 Å². The van der Waals surface area contributed by atoms with Gasteiger partial charge in [0.1, 0.15) is 0 Å². The highest BCUT2D eigenvalue weighted by Crippen LogP contribution is 2.26. The van der Waals surface area contributed by atoms with Gasteiger partial charge in [-0.05, 0) is 67.9 Å². The van der Waals surface area contributed by atoms with Crippen LogP contribution in [-0.2, 0) is 10.2 Å². The lowest BCUT2D eigenvalue weighted by molar-refractivity contribution is -0.129. The average molecular weight is 491 g/mol. The lowest BCUT2D eigenvalue weighted by atomic mass is 9.86.